The molecule has 0 unspecified atom stereocenters. The van der Waals surface area contributed by atoms with E-state index in [-0.39, 0.29) is 0 Å². The maximum atomic E-state index is 5.45. The Kier molecular flexibility index (Phi) is 2.05. The molecule has 0 saturated heterocycles. The summed E-state index contributed by atoms with van der Waals surface area (Å²) < 4.78 is 5.45. The third kappa shape index (κ3) is 1.57. The van der Waals surface area contributed by atoms with Gasteiger partial charge in [0, 0.05) is 13.3 Å². The number of allylic oxidation sites excluding steroid dienone is 3. The number of aryl methyl sites for hydroxylation is 1. The molecule has 2 nitrogen and oxygen atoms in total. The highest BCUT2D eigenvalue weighted by atomic mass is 16.4. The minimum atomic E-state index is 0.753. The first-order valence-corrected chi connectivity index (χ1v) is 4.63. The summed E-state index contributed by atoms with van der Waals surface area (Å²) in [5, 5.41) is 0. The maximum Gasteiger partial charge on any atom is 0.192 e. The van der Waals surface area contributed by atoms with E-state index in [4.69, 9.17) is 4.42 Å². The summed E-state index contributed by atoms with van der Waals surface area (Å²) >= 11 is 0. The first-order valence-electron chi connectivity index (χ1n) is 4.63. The minimum absolute atomic E-state index is 0.753. The van der Waals surface area contributed by atoms with Crippen molar-refractivity contribution >= 4 is 6.08 Å². The molecule has 2 heteroatoms. The molecular formula is C11H13NO. The van der Waals surface area contributed by atoms with Gasteiger partial charge in [0.05, 0.1) is 5.69 Å². The van der Waals surface area contributed by atoms with Crippen LogP contribution in [-0.2, 0) is 6.42 Å². The van der Waals surface area contributed by atoms with Crippen LogP contribution in [0.5, 0.6) is 0 Å². The number of aromatic nitrogens is 1. The minimum Gasteiger partial charge on any atom is -0.441 e. The number of fused-ring (bicyclic) bond motifs is 1. The highest BCUT2D eigenvalue weighted by Gasteiger charge is 2.09. The van der Waals surface area contributed by atoms with Gasteiger partial charge in [-0.15, -0.1) is 0 Å². The smallest absolute Gasteiger partial charge is 0.192 e. The molecule has 2 rings (SSSR count). The summed E-state index contributed by atoms with van der Waals surface area (Å²) in [6.07, 6.45) is 8.29. The largest absolute Gasteiger partial charge is 0.441 e. The quantitative estimate of drug-likeness (QED) is 0.656. The molecule has 1 aromatic rings. The van der Waals surface area contributed by atoms with E-state index in [1.54, 1.807) is 0 Å². The van der Waals surface area contributed by atoms with Gasteiger partial charge in [-0.3, -0.25) is 0 Å². The van der Waals surface area contributed by atoms with Crippen molar-refractivity contribution in [3.63, 3.8) is 0 Å². The Morgan fingerprint density at radius 3 is 3.08 bits per heavy atom. The van der Waals surface area contributed by atoms with Crippen molar-refractivity contribution in [1.29, 1.82) is 0 Å². The van der Waals surface area contributed by atoms with Gasteiger partial charge in [-0.1, -0.05) is 24.6 Å². The second kappa shape index (κ2) is 3.21. The number of oxazole rings is 1. The zero-order valence-electron chi connectivity index (χ0n) is 8.00. The Balaban J connectivity index is 2.36. The van der Waals surface area contributed by atoms with Crippen LogP contribution in [0.3, 0.4) is 0 Å². The van der Waals surface area contributed by atoms with Crippen molar-refractivity contribution in [3.8, 4) is 0 Å². The van der Waals surface area contributed by atoms with E-state index >= 15 is 0 Å². The Hall–Kier alpha value is -1.31. The fraction of sp³-hybridized carbons (Fsp3) is 0.364. The molecule has 0 fully saturated rings. The zero-order chi connectivity index (χ0) is 9.26. The molecule has 0 spiro atoms. The second-order valence-corrected chi connectivity index (χ2v) is 3.21. The molecule has 68 valence electrons. The topological polar surface area (TPSA) is 26.0 Å². The molecule has 1 aliphatic rings. The Bertz CT molecular complexity index is 371. The Labute approximate surface area is 78.0 Å². The Morgan fingerprint density at radius 2 is 2.31 bits per heavy atom. The third-order valence-corrected chi connectivity index (χ3v) is 2.25. The molecule has 0 atom stereocenters. The highest BCUT2D eigenvalue weighted by molar-refractivity contribution is 5.52. The van der Waals surface area contributed by atoms with Crippen LogP contribution >= 0.6 is 0 Å². The van der Waals surface area contributed by atoms with E-state index in [0.29, 0.717) is 0 Å². The van der Waals surface area contributed by atoms with Crippen LogP contribution in [0, 0.1) is 6.92 Å². The van der Waals surface area contributed by atoms with E-state index in [2.05, 4.69) is 24.1 Å². The fourth-order valence-corrected chi connectivity index (χ4v) is 1.50. The summed E-state index contributed by atoms with van der Waals surface area (Å²) in [4.78, 5) is 4.32. The Morgan fingerprint density at radius 1 is 1.46 bits per heavy atom. The summed E-state index contributed by atoms with van der Waals surface area (Å²) in [5.74, 6) is 1.67. The number of hydrogen-bond donors (Lipinski definition) is 0. The third-order valence-electron chi connectivity index (χ3n) is 2.25. The van der Waals surface area contributed by atoms with Gasteiger partial charge in [0.15, 0.2) is 11.7 Å². The van der Waals surface area contributed by atoms with E-state index in [0.717, 1.165) is 30.2 Å². The fourth-order valence-electron chi connectivity index (χ4n) is 1.50. The first kappa shape index (κ1) is 8.30. The summed E-state index contributed by atoms with van der Waals surface area (Å²) in [7, 11) is 0. The summed E-state index contributed by atoms with van der Waals surface area (Å²) in [6.45, 7) is 4.04. The number of hydrogen-bond acceptors (Lipinski definition) is 2. The van der Waals surface area contributed by atoms with Gasteiger partial charge >= 0.3 is 0 Å². The lowest BCUT2D eigenvalue weighted by Crippen LogP contribution is -1.83. The molecule has 13 heavy (non-hydrogen) atoms. The summed E-state index contributed by atoms with van der Waals surface area (Å²) in [6, 6.07) is 0. The van der Waals surface area contributed by atoms with Crippen LogP contribution in [0.25, 0.3) is 6.08 Å². The molecule has 0 radical (unpaired) electrons. The van der Waals surface area contributed by atoms with Crippen LogP contribution in [-0.4, -0.2) is 4.98 Å². The summed E-state index contributed by atoms with van der Waals surface area (Å²) in [5.41, 5.74) is 2.41. The predicted octanol–water partition coefficient (Wildman–Crippen LogP) is 2.89. The van der Waals surface area contributed by atoms with Gasteiger partial charge in [0.25, 0.3) is 0 Å². The predicted molar refractivity (Wildman–Crippen MR) is 52.4 cm³/mol. The van der Waals surface area contributed by atoms with E-state index in [9.17, 15) is 0 Å². The van der Waals surface area contributed by atoms with Crippen molar-refractivity contribution in [2.45, 2.75) is 26.7 Å². The maximum absolute atomic E-state index is 5.45. The second-order valence-electron chi connectivity index (χ2n) is 3.21. The molecule has 0 amide bonds. The van der Waals surface area contributed by atoms with Gasteiger partial charge in [-0.2, -0.15) is 0 Å². The molecule has 0 aromatic carbocycles. The average Bonchev–Trinajstić information content (AvgIpc) is 2.37. The molecule has 0 saturated carbocycles. The van der Waals surface area contributed by atoms with E-state index < -0.39 is 0 Å². The van der Waals surface area contributed by atoms with Crippen LogP contribution in [0.15, 0.2) is 22.1 Å². The number of rotatable bonds is 1. The molecule has 0 aliphatic heterocycles. The van der Waals surface area contributed by atoms with Crippen molar-refractivity contribution < 1.29 is 4.42 Å². The van der Waals surface area contributed by atoms with E-state index in [1.165, 1.54) is 5.57 Å². The molecule has 0 N–H and O–H groups in total. The van der Waals surface area contributed by atoms with Gasteiger partial charge < -0.3 is 4.42 Å². The zero-order valence-corrected chi connectivity index (χ0v) is 8.00. The highest BCUT2D eigenvalue weighted by Crippen LogP contribution is 2.19. The van der Waals surface area contributed by atoms with Gasteiger partial charge in [0.2, 0.25) is 0 Å². The van der Waals surface area contributed by atoms with Gasteiger partial charge in [0.1, 0.15) is 0 Å². The van der Waals surface area contributed by atoms with Crippen molar-refractivity contribution in [1.82, 2.24) is 4.98 Å². The van der Waals surface area contributed by atoms with Crippen molar-refractivity contribution in [3.05, 3.63) is 35.1 Å². The van der Waals surface area contributed by atoms with Crippen molar-refractivity contribution in [2.24, 2.45) is 0 Å². The standard InChI is InChI=1S/C11H13NO/c1-3-9-4-6-10-11(7-5-9)13-8(2)12-10/h4-5,7H,3,6H2,1-2H3. The lowest BCUT2D eigenvalue weighted by Gasteiger charge is -1.91. The average molecular weight is 175 g/mol. The lowest BCUT2D eigenvalue weighted by atomic mass is 10.2. The first-order chi connectivity index (χ1) is 6.29. The molecular weight excluding hydrogens is 162 g/mol. The number of nitrogens with zero attached hydrogens (tertiary/aromatic N) is 1. The van der Waals surface area contributed by atoms with Crippen LogP contribution < -0.4 is 0 Å². The SMILES string of the molecule is CCC1=CCc2nc(C)oc2C=C1. The van der Waals surface area contributed by atoms with E-state index in [1.807, 2.05) is 13.0 Å². The van der Waals surface area contributed by atoms with Gasteiger partial charge in [-0.25, -0.2) is 4.98 Å². The molecule has 0 bridgehead atoms. The molecule has 1 aromatic heterocycles. The monoisotopic (exact) mass is 175 g/mol. The molecule has 1 aliphatic carbocycles. The van der Waals surface area contributed by atoms with Crippen molar-refractivity contribution in [2.75, 3.05) is 0 Å². The molecule has 1 heterocycles. The van der Waals surface area contributed by atoms with Crippen LogP contribution in [0.2, 0.25) is 0 Å². The van der Waals surface area contributed by atoms with Crippen LogP contribution in [0.4, 0.5) is 0 Å². The van der Waals surface area contributed by atoms with Gasteiger partial charge in [-0.05, 0) is 12.5 Å². The van der Waals surface area contributed by atoms with Crippen LogP contribution in [0.1, 0.15) is 30.7 Å². The normalized spacial score (nSPS) is 15.1. The lowest BCUT2D eigenvalue weighted by molar-refractivity contribution is 0.512.